The standard InChI is InChI=1S/C95H154O16P2/c1-4-7-10-13-16-19-22-25-28-31-34-36-38-40-41-42-43-44-45-46-47-49-51-52-55-57-60-63-66-69-72-75-78-81-93(98)105-84-90(96)85-107-112(101,102)108-86-91(97)87-109-113(103,104)110-89-92(111-95(100)83-80-77-74-71-68-65-62-59-54-33-30-27-24-21-18-15-12-9-6-3)88-106-94(99)82-79-76-73-70-67-64-61-58-56-53-50-48-39-37-35-32-29-26-23-20-17-14-11-8-5-2/h7-12,16-21,25-30,34-37,40-41,43-44,48,50,54,59,65,68,74,77,90-92,96-97H,4-6,13-15,22-24,31-33,38-39,42,45-47,49,51-53,55-58,60-64,66-67,69-73,75-76,78-89H2,1-3H3,(H,101,102)(H,103,104)/b10-7-,11-8-,12-9-,19-16-,20-17-,21-18-,28-25-,29-26-,30-27-,36-34-,37-35-,41-40-,44-43-,50-48-,59-54-,68-65-,77-74-. The summed E-state index contributed by atoms with van der Waals surface area (Å²) in [6.45, 7) is 2.24. The maximum Gasteiger partial charge on any atom is 0.472 e. The average molecular weight is 1610 g/mol. The average Bonchev–Trinajstić information content (AvgIpc) is 0.900. The number of aliphatic hydroxyl groups excluding tert-OH is 2. The molecule has 0 saturated heterocycles. The highest BCUT2D eigenvalue weighted by Gasteiger charge is 2.29. The summed E-state index contributed by atoms with van der Waals surface area (Å²) in [7, 11) is -9.84. The zero-order valence-electron chi connectivity index (χ0n) is 70.2. The molecule has 4 N–H and O–H groups in total. The largest absolute Gasteiger partial charge is 0.472 e. The number of allylic oxidation sites excluding steroid dienone is 34. The third-order valence-corrected chi connectivity index (χ3v) is 19.4. The number of ether oxygens (including phenoxy) is 3. The van der Waals surface area contributed by atoms with E-state index in [0.717, 1.165) is 161 Å². The lowest BCUT2D eigenvalue weighted by molar-refractivity contribution is -0.161. The van der Waals surface area contributed by atoms with Crippen molar-refractivity contribution >= 4 is 33.6 Å². The normalized spacial score (nSPS) is 14.9. The van der Waals surface area contributed by atoms with Crippen LogP contribution >= 0.6 is 15.6 Å². The van der Waals surface area contributed by atoms with Gasteiger partial charge in [0.25, 0.3) is 0 Å². The minimum Gasteiger partial charge on any atom is -0.463 e. The first-order chi connectivity index (χ1) is 55.2. The van der Waals surface area contributed by atoms with Crippen LogP contribution in [0.2, 0.25) is 0 Å². The Bertz CT molecular complexity index is 2880. The van der Waals surface area contributed by atoms with Gasteiger partial charge in [0.15, 0.2) is 6.10 Å². The molecule has 18 heteroatoms. The third kappa shape index (κ3) is 86.8. The first-order valence-electron chi connectivity index (χ1n) is 43.4. The molecule has 5 unspecified atom stereocenters. The molecule has 0 radical (unpaired) electrons. The Hall–Kier alpha value is -5.87. The van der Waals surface area contributed by atoms with Crippen molar-refractivity contribution in [3.05, 3.63) is 207 Å². The number of hydrogen-bond acceptors (Lipinski definition) is 14. The van der Waals surface area contributed by atoms with Gasteiger partial charge < -0.3 is 34.2 Å². The monoisotopic (exact) mass is 1610 g/mol. The van der Waals surface area contributed by atoms with Gasteiger partial charge >= 0.3 is 33.6 Å². The smallest absolute Gasteiger partial charge is 0.463 e. The van der Waals surface area contributed by atoms with Crippen LogP contribution in [0.25, 0.3) is 0 Å². The molecule has 640 valence electrons. The van der Waals surface area contributed by atoms with E-state index in [1.54, 1.807) is 0 Å². The van der Waals surface area contributed by atoms with E-state index in [9.17, 15) is 43.5 Å². The maximum absolute atomic E-state index is 13.0. The van der Waals surface area contributed by atoms with E-state index >= 15 is 0 Å². The summed E-state index contributed by atoms with van der Waals surface area (Å²) in [5.41, 5.74) is 0. The Labute approximate surface area is 686 Å². The number of carbonyl (C=O) groups is 3. The minimum absolute atomic E-state index is 0.0292. The molecule has 0 amide bonds. The highest BCUT2D eigenvalue weighted by molar-refractivity contribution is 7.47. The number of rotatable bonds is 80. The highest BCUT2D eigenvalue weighted by Crippen LogP contribution is 2.45. The molecule has 0 saturated carbocycles. The number of aliphatic hydroxyl groups is 2. The van der Waals surface area contributed by atoms with Crippen LogP contribution in [0.3, 0.4) is 0 Å². The third-order valence-electron chi connectivity index (χ3n) is 17.5. The van der Waals surface area contributed by atoms with E-state index in [1.807, 2.05) is 18.2 Å². The second kappa shape index (κ2) is 85.5. The molecule has 0 heterocycles. The summed E-state index contributed by atoms with van der Waals surface area (Å²) in [5, 5.41) is 20.7. The van der Waals surface area contributed by atoms with Gasteiger partial charge in [-0.25, -0.2) is 9.13 Å². The predicted molar refractivity (Wildman–Crippen MR) is 472 cm³/mol. The maximum atomic E-state index is 13.0. The molecular weight excluding hydrogens is 1460 g/mol. The van der Waals surface area contributed by atoms with Crippen LogP contribution in [-0.4, -0.2) is 95.9 Å². The summed E-state index contributed by atoms with van der Waals surface area (Å²) < 4.78 is 61.2. The van der Waals surface area contributed by atoms with E-state index in [0.29, 0.717) is 25.7 Å². The van der Waals surface area contributed by atoms with Crippen molar-refractivity contribution in [2.24, 2.45) is 0 Å². The molecule has 16 nitrogen and oxygen atoms in total. The molecule has 0 aromatic rings. The number of phosphoric acid groups is 2. The summed E-state index contributed by atoms with van der Waals surface area (Å²) in [6, 6.07) is 0. The lowest BCUT2D eigenvalue weighted by atomic mass is 10.0. The van der Waals surface area contributed by atoms with Crippen LogP contribution in [0.5, 0.6) is 0 Å². The van der Waals surface area contributed by atoms with Crippen molar-refractivity contribution < 1.29 is 75.8 Å². The fourth-order valence-electron chi connectivity index (χ4n) is 11.0. The molecule has 113 heavy (non-hydrogen) atoms. The van der Waals surface area contributed by atoms with E-state index in [4.69, 9.17) is 32.3 Å². The van der Waals surface area contributed by atoms with Crippen molar-refractivity contribution in [2.45, 2.75) is 334 Å². The summed E-state index contributed by atoms with van der Waals surface area (Å²) in [6.07, 6.45) is 115. The first kappa shape index (κ1) is 107. The minimum atomic E-state index is -4.97. The van der Waals surface area contributed by atoms with Gasteiger partial charge in [0.2, 0.25) is 0 Å². The van der Waals surface area contributed by atoms with Gasteiger partial charge in [0.05, 0.1) is 26.4 Å². The number of carbonyl (C=O) groups excluding carboxylic acids is 3. The molecule has 0 aliphatic rings. The van der Waals surface area contributed by atoms with Gasteiger partial charge in [-0.2, -0.15) is 0 Å². The van der Waals surface area contributed by atoms with Gasteiger partial charge in [-0.3, -0.25) is 32.5 Å². The molecule has 0 rings (SSSR count). The van der Waals surface area contributed by atoms with Gasteiger partial charge in [-0.05, 0) is 154 Å². The molecule has 0 bridgehead atoms. The zero-order chi connectivity index (χ0) is 82.2. The number of esters is 3. The number of hydrogen-bond donors (Lipinski definition) is 4. The van der Waals surface area contributed by atoms with E-state index in [2.05, 4.69) is 209 Å². The Morgan fingerprint density at radius 1 is 0.248 bits per heavy atom. The van der Waals surface area contributed by atoms with Gasteiger partial charge in [0, 0.05) is 19.3 Å². The molecule has 0 fully saturated rings. The first-order valence-corrected chi connectivity index (χ1v) is 46.4. The van der Waals surface area contributed by atoms with E-state index in [1.165, 1.54) is 89.9 Å². The van der Waals surface area contributed by atoms with Crippen LogP contribution < -0.4 is 0 Å². The van der Waals surface area contributed by atoms with Crippen LogP contribution in [-0.2, 0) is 55.8 Å². The van der Waals surface area contributed by atoms with Gasteiger partial charge in [-0.1, -0.05) is 349 Å². The molecule has 5 atom stereocenters. The Balaban J connectivity index is 4.61. The van der Waals surface area contributed by atoms with Crippen molar-refractivity contribution in [3.8, 4) is 0 Å². The molecular formula is C95H154O16P2. The second-order valence-electron chi connectivity index (χ2n) is 28.2. The lowest BCUT2D eigenvalue weighted by Gasteiger charge is -2.21. The molecule has 0 aromatic carbocycles. The van der Waals surface area contributed by atoms with Crippen molar-refractivity contribution in [2.75, 3.05) is 39.6 Å². The molecule has 0 aliphatic heterocycles. The quantitative estimate of drug-likeness (QED) is 0.0146. The Kier molecular flexibility index (Phi) is 81.1. The Morgan fingerprint density at radius 2 is 0.460 bits per heavy atom. The van der Waals surface area contributed by atoms with Crippen molar-refractivity contribution in [1.82, 2.24) is 0 Å². The van der Waals surface area contributed by atoms with E-state index in [-0.39, 0.29) is 19.3 Å². The topological polar surface area (TPSA) is 231 Å². The predicted octanol–water partition coefficient (Wildman–Crippen LogP) is 26.4. The summed E-state index contributed by atoms with van der Waals surface area (Å²) in [4.78, 5) is 58.8. The van der Waals surface area contributed by atoms with Crippen LogP contribution in [0.4, 0.5) is 0 Å². The lowest BCUT2D eigenvalue weighted by Crippen LogP contribution is -2.29. The SMILES string of the molecule is CC/C=C\C/C=C\C/C=C\C/C=C\C/C=C\C/C=C\CCCCCCCCCCCCCCCCC(=O)OCC(O)COP(=O)(O)OCC(O)COP(=O)(O)OCC(COC(=O)CCCCCCCCCCC/C=C\C/C=C\C/C=C\C/C=C\C/C=C\CC)OC(=O)CC/C=C\C/C=C\C/C=C\C/C=C\C/C=C\C/C=C\CC. The molecule has 0 aliphatic carbocycles. The highest BCUT2D eigenvalue weighted by atomic mass is 31.2. The van der Waals surface area contributed by atoms with Gasteiger partial charge in [0.1, 0.15) is 25.4 Å². The fourth-order valence-corrected chi connectivity index (χ4v) is 12.6. The fraction of sp³-hybridized carbons (Fsp3) is 0.611. The number of unbranched alkanes of at least 4 members (excludes halogenated alkanes) is 23. The molecule has 0 spiro atoms. The van der Waals surface area contributed by atoms with Crippen molar-refractivity contribution in [3.63, 3.8) is 0 Å². The van der Waals surface area contributed by atoms with E-state index < -0.39 is 91.5 Å². The zero-order valence-corrected chi connectivity index (χ0v) is 72.0. The number of phosphoric ester groups is 2. The van der Waals surface area contributed by atoms with Crippen LogP contribution in [0, 0.1) is 0 Å². The van der Waals surface area contributed by atoms with Crippen molar-refractivity contribution in [1.29, 1.82) is 0 Å². The Morgan fingerprint density at radius 3 is 0.735 bits per heavy atom. The van der Waals surface area contributed by atoms with Crippen LogP contribution in [0.1, 0.15) is 316 Å². The second-order valence-corrected chi connectivity index (χ2v) is 31.1. The summed E-state index contributed by atoms with van der Waals surface area (Å²) in [5.74, 6) is -1.69. The molecule has 0 aromatic heterocycles. The van der Waals surface area contributed by atoms with Crippen LogP contribution in [0.15, 0.2) is 207 Å². The summed E-state index contributed by atoms with van der Waals surface area (Å²) >= 11 is 0. The van der Waals surface area contributed by atoms with Gasteiger partial charge in [-0.15, -0.1) is 0 Å².